The van der Waals surface area contributed by atoms with Gasteiger partial charge in [0.1, 0.15) is 0 Å². The molecule has 10 heteroatoms. The number of amides is 1. The second-order valence-electron chi connectivity index (χ2n) is 7.75. The fraction of sp³-hybridized carbons (Fsp3) is 0.154. The Kier molecular flexibility index (Phi) is 7.65. The molecule has 3 aromatic carbocycles. The predicted octanol–water partition coefficient (Wildman–Crippen LogP) is 4.06. The van der Waals surface area contributed by atoms with Gasteiger partial charge in [0.25, 0.3) is 11.5 Å². The maximum atomic E-state index is 12.7. The topological polar surface area (TPSA) is 115 Å². The molecule has 0 aliphatic carbocycles. The second-order valence-corrected chi connectivity index (χ2v) is 8.61. The van der Waals surface area contributed by atoms with Crippen LogP contribution in [-0.2, 0) is 4.79 Å². The average molecular weight is 551 g/mol. The molecule has 184 valence electrons. The molecule has 0 radical (unpaired) electrons. The van der Waals surface area contributed by atoms with Crippen LogP contribution in [0.5, 0.6) is 11.5 Å². The first-order chi connectivity index (χ1) is 17.4. The summed E-state index contributed by atoms with van der Waals surface area (Å²) in [4.78, 5) is 40.1. The molecule has 9 nitrogen and oxygen atoms in total. The van der Waals surface area contributed by atoms with Crippen LogP contribution in [0.1, 0.15) is 18.1 Å². The Morgan fingerprint density at radius 1 is 1.11 bits per heavy atom. The van der Waals surface area contributed by atoms with E-state index in [0.29, 0.717) is 44.7 Å². The van der Waals surface area contributed by atoms with E-state index in [0.717, 1.165) is 10.2 Å². The van der Waals surface area contributed by atoms with Crippen LogP contribution in [0, 0.1) is 6.92 Å². The van der Waals surface area contributed by atoms with Gasteiger partial charge in [0, 0.05) is 5.69 Å². The number of nitrogens with zero attached hydrogens (tertiary/aromatic N) is 2. The van der Waals surface area contributed by atoms with Gasteiger partial charge in [-0.25, -0.2) is 4.79 Å². The second kappa shape index (κ2) is 11.0. The number of para-hydroxylation sites is 2. The molecule has 1 aromatic heterocycles. The summed E-state index contributed by atoms with van der Waals surface area (Å²) < 4.78 is 12.7. The van der Waals surface area contributed by atoms with Crippen LogP contribution in [-0.4, -0.2) is 35.0 Å². The smallest absolute Gasteiger partial charge is 0.349 e. The lowest BCUT2D eigenvalue weighted by atomic mass is 10.2. The van der Waals surface area contributed by atoms with Crippen LogP contribution in [0.15, 0.2) is 79.8 Å². The van der Waals surface area contributed by atoms with Crippen molar-refractivity contribution in [2.45, 2.75) is 13.8 Å². The summed E-state index contributed by atoms with van der Waals surface area (Å²) >= 11 is 3.45. The Morgan fingerprint density at radius 2 is 1.86 bits per heavy atom. The van der Waals surface area contributed by atoms with E-state index in [4.69, 9.17) is 9.47 Å². The minimum Gasteiger partial charge on any atom is -0.490 e. The zero-order valence-corrected chi connectivity index (χ0v) is 21.2. The highest BCUT2D eigenvalue weighted by Crippen LogP contribution is 2.36. The fourth-order valence-corrected chi connectivity index (χ4v) is 4.06. The highest BCUT2D eigenvalue weighted by molar-refractivity contribution is 9.10. The first kappa shape index (κ1) is 24.9. The number of anilines is 1. The van der Waals surface area contributed by atoms with Gasteiger partial charge < -0.3 is 19.8 Å². The van der Waals surface area contributed by atoms with Crippen LogP contribution in [0.2, 0.25) is 0 Å². The minimum atomic E-state index is -0.654. The fourth-order valence-electron chi connectivity index (χ4n) is 3.49. The van der Waals surface area contributed by atoms with Gasteiger partial charge in [-0.2, -0.15) is 5.10 Å². The molecule has 1 heterocycles. The Bertz CT molecular complexity index is 1580. The molecule has 4 rings (SSSR count). The van der Waals surface area contributed by atoms with Crippen LogP contribution in [0.4, 0.5) is 5.69 Å². The van der Waals surface area contributed by atoms with Crippen molar-refractivity contribution in [3.8, 4) is 11.5 Å². The standard InChI is InChI=1S/C26H23BrN4O5/c1-3-35-22-13-17(14-28-31-25(33)18-9-5-7-11-21(18)30-26(31)34)12-19(27)24(22)36-15-23(32)29-20-10-6-4-8-16(20)2/h4-14H,3,15H2,1-2H3,(H,29,32)(H,30,34). The Labute approximate surface area is 214 Å². The average Bonchev–Trinajstić information content (AvgIpc) is 2.85. The number of aromatic amines is 1. The number of nitrogens with one attached hydrogen (secondary N) is 2. The lowest BCUT2D eigenvalue weighted by Gasteiger charge is -2.15. The highest BCUT2D eigenvalue weighted by atomic mass is 79.9. The number of hydrogen-bond donors (Lipinski definition) is 2. The molecule has 0 fully saturated rings. The van der Waals surface area contributed by atoms with Gasteiger partial charge >= 0.3 is 5.69 Å². The summed E-state index contributed by atoms with van der Waals surface area (Å²) in [7, 11) is 0. The monoisotopic (exact) mass is 550 g/mol. The van der Waals surface area contributed by atoms with E-state index >= 15 is 0 Å². The number of carbonyl (C=O) groups is 1. The van der Waals surface area contributed by atoms with Crippen molar-refractivity contribution in [1.29, 1.82) is 0 Å². The summed E-state index contributed by atoms with van der Waals surface area (Å²) in [6.45, 7) is 3.84. The third-order valence-electron chi connectivity index (χ3n) is 5.20. The van der Waals surface area contributed by atoms with Crippen molar-refractivity contribution in [3.63, 3.8) is 0 Å². The van der Waals surface area contributed by atoms with Crippen LogP contribution in [0.3, 0.4) is 0 Å². The summed E-state index contributed by atoms with van der Waals surface area (Å²) in [6.07, 6.45) is 1.37. The first-order valence-electron chi connectivity index (χ1n) is 11.1. The molecule has 0 aliphatic heterocycles. The van der Waals surface area contributed by atoms with E-state index in [-0.39, 0.29) is 12.5 Å². The number of carbonyl (C=O) groups excluding carboxylic acids is 1. The van der Waals surface area contributed by atoms with Crippen molar-refractivity contribution in [2.75, 3.05) is 18.5 Å². The van der Waals surface area contributed by atoms with E-state index in [1.54, 1.807) is 36.4 Å². The van der Waals surface area contributed by atoms with Crippen molar-refractivity contribution in [1.82, 2.24) is 9.66 Å². The van der Waals surface area contributed by atoms with Crippen LogP contribution in [0.25, 0.3) is 10.9 Å². The molecule has 1 amide bonds. The van der Waals surface area contributed by atoms with Gasteiger partial charge in [-0.3, -0.25) is 9.59 Å². The van der Waals surface area contributed by atoms with Crippen molar-refractivity contribution < 1.29 is 14.3 Å². The van der Waals surface area contributed by atoms with Crippen molar-refractivity contribution in [3.05, 3.63) is 97.1 Å². The van der Waals surface area contributed by atoms with Crippen molar-refractivity contribution >= 4 is 44.6 Å². The lowest BCUT2D eigenvalue weighted by molar-refractivity contribution is -0.118. The van der Waals surface area contributed by atoms with E-state index < -0.39 is 11.2 Å². The summed E-state index contributed by atoms with van der Waals surface area (Å²) in [6, 6.07) is 17.5. The Balaban J connectivity index is 1.57. The minimum absolute atomic E-state index is 0.234. The van der Waals surface area contributed by atoms with Gasteiger partial charge in [0.2, 0.25) is 0 Å². The van der Waals surface area contributed by atoms with Gasteiger partial charge in [0.15, 0.2) is 18.1 Å². The normalized spacial score (nSPS) is 11.1. The number of halogens is 1. The SMILES string of the molecule is CCOc1cc(C=Nn2c(=O)[nH]c3ccccc3c2=O)cc(Br)c1OCC(=O)Nc1ccccc1C. The number of aromatic nitrogens is 2. The van der Waals surface area contributed by atoms with Gasteiger partial charge in [-0.05, 0) is 71.2 Å². The van der Waals surface area contributed by atoms with Gasteiger partial charge in [-0.15, -0.1) is 4.68 Å². The van der Waals surface area contributed by atoms with Crippen LogP contribution >= 0.6 is 15.9 Å². The number of rotatable bonds is 8. The zero-order chi connectivity index (χ0) is 25.7. The third-order valence-corrected chi connectivity index (χ3v) is 5.79. The quantitative estimate of drug-likeness (QED) is 0.321. The molecule has 36 heavy (non-hydrogen) atoms. The van der Waals surface area contributed by atoms with Gasteiger partial charge in [0.05, 0.1) is 28.2 Å². The molecule has 0 unspecified atom stereocenters. The highest BCUT2D eigenvalue weighted by Gasteiger charge is 2.15. The third kappa shape index (κ3) is 5.55. The predicted molar refractivity (Wildman–Crippen MR) is 142 cm³/mol. The lowest BCUT2D eigenvalue weighted by Crippen LogP contribution is -2.32. The zero-order valence-electron chi connectivity index (χ0n) is 19.6. The molecular weight excluding hydrogens is 528 g/mol. The van der Waals surface area contributed by atoms with Crippen LogP contribution < -0.4 is 26.0 Å². The van der Waals surface area contributed by atoms with E-state index in [2.05, 4.69) is 31.3 Å². The molecular formula is C26H23BrN4O5. The van der Waals surface area contributed by atoms with E-state index in [9.17, 15) is 14.4 Å². The molecule has 2 N–H and O–H groups in total. The number of benzene rings is 3. The number of H-pyrrole nitrogens is 1. The largest absolute Gasteiger partial charge is 0.490 e. The molecule has 0 atom stereocenters. The number of fused-ring (bicyclic) bond motifs is 1. The molecule has 0 aliphatic rings. The van der Waals surface area contributed by atoms with Crippen molar-refractivity contribution in [2.24, 2.45) is 5.10 Å². The Morgan fingerprint density at radius 3 is 2.64 bits per heavy atom. The summed E-state index contributed by atoms with van der Waals surface area (Å²) in [5.41, 5.74) is 1.44. The number of aryl methyl sites for hydroxylation is 1. The Hall–Kier alpha value is -4.18. The maximum Gasteiger partial charge on any atom is 0.349 e. The maximum absolute atomic E-state index is 12.7. The molecule has 4 aromatic rings. The molecule has 0 saturated carbocycles. The molecule has 0 bridgehead atoms. The first-order valence-corrected chi connectivity index (χ1v) is 11.9. The van der Waals surface area contributed by atoms with E-state index in [1.165, 1.54) is 6.21 Å². The van der Waals surface area contributed by atoms with E-state index in [1.807, 2.05) is 38.1 Å². The number of ether oxygens (including phenoxy) is 2. The summed E-state index contributed by atoms with van der Waals surface area (Å²) in [5, 5.41) is 7.24. The summed E-state index contributed by atoms with van der Waals surface area (Å²) in [5.74, 6) is 0.394. The number of hydrogen-bond acceptors (Lipinski definition) is 6. The van der Waals surface area contributed by atoms with Gasteiger partial charge in [-0.1, -0.05) is 30.3 Å². The molecule has 0 saturated heterocycles. The molecule has 0 spiro atoms.